The van der Waals surface area contributed by atoms with Gasteiger partial charge in [0.25, 0.3) is 0 Å². The monoisotopic (exact) mass is 413 g/mol. The minimum Gasteiger partial charge on any atom is -0.352 e. The highest BCUT2D eigenvalue weighted by Gasteiger charge is 2.34. The lowest BCUT2D eigenvalue weighted by Crippen LogP contribution is -2.53. The molecule has 0 bridgehead atoms. The molecule has 1 amide bonds. The molecule has 0 spiro atoms. The van der Waals surface area contributed by atoms with Gasteiger partial charge in [-0.3, -0.25) is 9.48 Å². The van der Waals surface area contributed by atoms with Gasteiger partial charge in [-0.15, -0.1) is 0 Å². The molecule has 4 rings (SSSR count). The van der Waals surface area contributed by atoms with Crippen molar-refractivity contribution in [3.05, 3.63) is 12.5 Å². The first-order valence-electron chi connectivity index (χ1n) is 11.2. The summed E-state index contributed by atoms with van der Waals surface area (Å²) in [6, 6.07) is 0.448. The summed E-state index contributed by atoms with van der Waals surface area (Å²) in [6.45, 7) is 10.4. The molecule has 2 aliphatic rings. The largest absolute Gasteiger partial charge is 0.352 e. The molecule has 2 unspecified atom stereocenters. The quantitative estimate of drug-likeness (QED) is 0.828. The molecule has 1 N–H and O–H groups in total. The first-order chi connectivity index (χ1) is 14.3. The maximum absolute atomic E-state index is 12.9. The van der Waals surface area contributed by atoms with Gasteiger partial charge in [0.2, 0.25) is 5.91 Å². The number of hydrogen-bond donors (Lipinski definition) is 1. The molecular formula is C22H35N7O. The summed E-state index contributed by atoms with van der Waals surface area (Å²) in [7, 11) is 1.89. The fourth-order valence-electron chi connectivity index (χ4n) is 5.11. The molecular weight excluding hydrogens is 378 g/mol. The Kier molecular flexibility index (Phi) is 5.95. The van der Waals surface area contributed by atoms with Crippen molar-refractivity contribution in [1.82, 2.24) is 30.0 Å². The van der Waals surface area contributed by atoms with E-state index in [1.807, 2.05) is 18.1 Å². The summed E-state index contributed by atoms with van der Waals surface area (Å²) in [4.78, 5) is 25.9. The molecule has 0 radical (unpaired) electrons. The third-order valence-corrected chi connectivity index (χ3v) is 6.83. The van der Waals surface area contributed by atoms with Gasteiger partial charge in [-0.1, -0.05) is 33.6 Å². The second kappa shape index (κ2) is 8.49. The lowest BCUT2D eigenvalue weighted by molar-refractivity contribution is -0.130. The zero-order chi connectivity index (χ0) is 21.3. The van der Waals surface area contributed by atoms with Gasteiger partial charge in [-0.05, 0) is 24.2 Å². The summed E-state index contributed by atoms with van der Waals surface area (Å²) in [5.74, 6) is 1.76. The summed E-state index contributed by atoms with van der Waals surface area (Å²) >= 11 is 0. The van der Waals surface area contributed by atoms with E-state index in [4.69, 9.17) is 0 Å². The summed E-state index contributed by atoms with van der Waals surface area (Å²) in [5, 5.41) is 8.87. The Hall–Kier alpha value is -2.22. The number of fused-ring (bicyclic) bond motifs is 1. The number of anilines is 1. The van der Waals surface area contributed by atoms with E-state index in [1.165, 1.54) is 25.7 Å². The van der Waals surface area contributed by atoms with Gasteiger partial charge in [0.15, 0.2) is 5.65 Å². The maximum Gasteiger partial charge on any atom is 0.236 e. The predicted molar refractivity (Wildman–Crippen MR) is 118 cm³/mol. The number of carbonyl (C=O) groups excluding carboxylic acids is 1. The molecule has 0 aromatic carbocycles. The fourth-order valence-corrected chi connectivity index (χ4v) is 5.11. The number of nitrogens with zero attached hydrogens (tertiary/aromatic N) is 6. The van der Waals surface area contributed by atoms with Gasteiger partial charge in [0, 0.05) is 39.3 Å². The van der Waals surface area contributed by atoms with Crippen molar-refractivity contribution < 1.29 is 4.79 Å². The summed E-state index contributed by atoms with van der Waals surface area (Å²) in [6.07, 6.45) is 8.42. The molecule has 164 valence electrons. The van der Waals surface area contributed by atoms with Crippen molar-refractivity contribution in [3.63, 3.8) is 0 Å². The first-order valence-corrected chi connectivity index (χ1v) is 11.2. The molecule has 1 aliphatic carbocycles. The molecule has 1 saturated carbocycles. The second-order valence-electron chi connectivity index (χ2n) is 9.81. The normalized spacial score (nSPS) is 23.2. The number of rotatable bonds is 4. The van der Waals surface area contributed by atoms with Crippen LogP contribution in [0.15, 0.2) is 12.5 Å². The van der Waals surface area contributed by atoms with E-state index in [-0.39, 0.29) is 11.3 Å². The molecule has 1 saturated heterocycles. The lowest BCUT2D eigenvalue weighted by atomic mass is 9.69. The number of aryl methyl sites for hydroxylation is 1. The van der Waals surface area contributed by atoms with Crippen LogP contribution >= 0.6 is 0 Å². The van der Waals surface area contributed by atoms with Crippen LogP contribution in [0, 0.1) is 11.3 Å². The summed E-state index contributed by atoms with van der Waals surface area (Å²) in [5.41, 5.74) is 1.12. The highest BCUT2D eigenvalue weighted by Crippen LogP contribution is 2.37. The Balaban J connectivity index is 1.32. The van der Waals surface area contributed by atoms with Crippen LogP contribution < -0.4 is 10.2 Å². The van der Waals surface area contributed by atoms with Crippen molar-refractivity contribution >= 4 is 22.8 Å². The molecule has 8 heteroatoms. The van der Waals surface area contributed by atoms with Crippen LogP contribution in [0.2, 0.25) is 0 Å². The van der Waals surface area contributed by atoms with Crippen LogP contribution in [0.5, 0.6) is 0 Å². The smallest absolute Gasteiger partial charge is 0.236 e. The Morgan fingerprint density at radius 2 is 1.87 bits per heavy atom. The number of aromatic nitrogens is 4. The number of hydrogen-bond acceptors (Lipinski definition) is 6. The Bertz CT molecular complexity index is 879. The van der Waals surface area contributed by atoms with E-state index in [0.717, 1.165) is 43.0 Å². The molecule has 2 fully saturated rings. The molecule has 1 aliphatic heterocycles. The SMILES string of the molecule is Cn1ncc2c(N3CCN(C(=O)CNC4CCCCC4C(C)(C)C)CC3)ncnc21. The van der Waals surface area contributed by atoms with Gasteiger partial charge in [0.05, 0.1) is 18.1 Å². The van der Waals surface area contributed by atoms with Gasteiger partial charge in [-0.25, -0.2) is 9.97 Å². The molecule has 30 heavy (non-hydrogen) atoms. The van der Waals surface area contributed by atoms with Crippen molar-refractivity contribution in [2.45, 2.75) is 52.5 Å². The van der Waals surface area contributed by atoms with Crippen LogP contribution in [0.4, 0.5) is 5.82 Å². The molecule has 2 aromatic heterocycles. The van der Waals surface area contributed by atoms with E-state index in [0.29, 0.717) is 18.5 Å². The van der Waals surface area contributed by atoms with Gasteiger partial charge in [0.1, 0.15) is 12.1 Å². The fraction of sp³-hybridized carbons (Fsp3) is 0.727. The Morgan fingerprint density at radius 3 is 2.60 bits per heavy atom. The van der Waals surface area contributed by atoms with Crippen LogP contribution in [-0.4, -0.2) is 69.3 Å². The minimum absolute atomic E-state index is 0.210. The third-order valence-electron chi connectivity index (χ3n) is 6.83. The zero-order valence-electron chi connectivity index (χ0n) is 18.8. The third kappa shape index (κ3) is 4.29. The number of carbonyl (C=O) groups is 1. The van der Waals surface area contributed by atoms with E-state index < -0.39 is 0 Å². The number of nitrogens with one attached hydrogen (secondary N) is 1. The van der Waals surface area contributed by atoms with Crippen molar-refractivity contribution in [3.8, 4) is 0 Å². The average molecular weight is 414 g/mol. The minimum atomic E-state index is 0.210. The molecule has 3 heterocycles. The zero-order valence-corrected chi connectivity index (χ0v) is 18.8. The van der Waals surface area contributed by atoms with Crippen LogP contribution in [0.3, 0.4) is 0 Å². The number of piperazine rings is 1. The van der Waals surface area contributed by atoms with Gasteiger partial charge in [-0.2, -0.15) is 5.10 Å². The van der Waals surface area contributed by atoms with Crippen LogP contribution in [0.1, 0.15) is 46.5 Å². The van der Waals surface area contributed by atoms with E-state index in [1.54, 1.807) is 11.0 Å². The highest BCUT2D eigenvalue weighted by molar-refractivity contribution is 5.86. The lowest BCUT2D eigenvalue weighted by Gasteiger charge is -2.41. The molecule has 2 aromatic rings. The van der Waals surface area contributed by atoms with Crippen LogP contribution in [0.25, 0.3) is 11.0 Å². The Morgan fingerprint density at radius 1 is 1.13 bits per heavy atom. The standard InChI is InChI=1S/C22H35N7O/c1-22(2,3)17-7-5-6-8-18(17)23-14-19(30)28-9-11-29(12-10-28)21-16-13-26-27(4)20(16)24-15-25-21/h13,15,17-18,23H,5-12,14H2,1-4H3. The Labute approximate surface area is 179 Å². The van der Waals surface area contributed by atoms with Gasteiger partial charge >= 0.3 is 0 Å². The van der Waals surface area contributed by atoms with E-state index in [2.05, 4.69) is 46.1 Å². The van der Waals surface area contributed by atoms with E-state index >= 15 is 0 Å². The predicted octanol–water partition coefficient (Wildman–Crippen LogP) is 2.21. The van der Waals surface area contributed by atoms with Gasteiger partial charge < -0.3 is 15.1 Å². The summed E-state index contributed by atoms with van der Waals surface area (Å²) < 4.78 is 1.77. The molecule has 8 nitrogen and oxygen atoms in total. The van der Waals surface area contributed by atoms with Crippen molar-refractivity contribution in [1.29, 1.82) is 0 Å². The average Bonchev–Trinajstić information content (AvgIpc) is 3.13. The highest BCUT2D eigenvalue weighted by atomic mass is 16.2. The van der Waals surface area contributed by atoms with Crippen LogP contribution in [-0.2, 0) is 11.8 Å². The van der Waals surface area contributed by atoms with Crippen molar-refractivity contribution in [2.24, 2.45) is 18.4 Å². The van der Waals surface area contributed by atoms with Crippen molar-refractivity contribution in [2.75, 3.05) is 37.6 Å². The second-order valence-corrected chi connectivity index (χ2v) is 9.81. The molecule has 2 atom stereocenters. The topological polar surface area (TPSA) is 79.2 Å². The maximum atomic E-state index is 12.9. The van der Waals surface area contributed by atoms with E-state index in [9.17, 15) is 4.79 Å². The first kappa shape index (κ1) is 21.0. The number of amides is 1.